The number of piperidine rings is 1. The number of rotatable bonds is 5. The van der Waals surface area contributed by atoms with Gasteiger partial charge in [0, 0.05) is 31.0 Å². The Morgan fingerprint density at radius 2 is 2.00 bits per heavy atom. The molecule has 0 amide bonds. The molecule has 0 radical (unpaired) electrons. The van der Waals surface area contributed by atoms with E-state index in [1.807, 2.05) is 30.3 Å². The molecule has 1 aliphatic heterocycles. The fourth-order valence-electron chi connectivity index (χ4n) is 2.83. The van der Waals surface area contributed by atoms with Gasteiger partial charge in [0.05, 0.1) is 0 Å². The lowest BCUT2D eigenvalue weighted by Crippen LogP contribution is -2.42. The lowest BCUT2D eigenvalue weighted by molar-refractivity contribution is -0.0498. The van der Waals surface area contributed by atoms with Crippen LogP contribution in [0.4, 0.5) is 20.3 Å². The molecule has 0 aliphatic carbocycles. The highest BCUT2D eigenvalue weighted by atomic mass is 19.3. The van der Waals surface area contributed by atoms with Crippen LogP contribution in [0.3, 0.4) is 0 Å². The molecule has 1 N–H and O–H groups in total. The standard InChI is InChI=1S/C17H19F2N3O/c18-17(19)23-15-8-6-14(7-9-15)22-11-3-4-13(12-22)21-16-5-1-2-10-20-16/h1-2,5-10,13,17H,3-4,11-12H2,(H,20,21). The van der Waals surface area contributed by atoms with Gasteiger partial charge in [-0.05, 0) is 49.2 Å². The summed E-state index contributed by atoms with van der Waals surface area (Å²) in [5, 5.41) is 3.44. The van der Waals surface area contributed by atoms with E-state index in [-0.39, 0.29) is 5.75 Å². The van der Waals surface area contributed by atoms with E-state index in [4.69, 9.17) is 0 Å². The summed E-state index contributed by atoms with van der Waals surface area (Å²) in [6.45, 7) is -0.982. The van der Waals surface area contributed by atoms with E-state index < -0.39 is 6.61 Å². The van der Waals surface area contributed by atoms with Crippen molar-refractivity contribution in [3.63, 3.8) is 0 Å². The number of anilines is 2. The first-order valence-corrected chi connectivity index (χ1v) is 7.68. The molecule has 2 heterocycles. The summed E-state index contributed by atoms with van der Waals surface area (Å²) in [6.07, 6.45) is 3.92. The van der Waals surface area contributed by atoms with Gasteiger partial charge in [0.25, 0.3) is 0 Å². The van der Waals surface area contributed by atoms with E-state index in [1.165, 1.54) is 0 Å². The number of nitrogens with zero attached hydrogens (tertiary/aromatic N) is 2. The number of nitrogens with one attached hydrogen (secondary N) is 1. The van der Waals surface area contributed by atoms with E-state index in [1.54, 1.807) is 18.3 Å². The van der Waals surface area contributed by atoms with Gasteiger partial charge in [-0.3, -0.25) is 0 Å². The first-order valence-electron chi connectivity index (χ1n) is 7.68. The second kappa shape index (κ2) is 7.26. The van der Waals surface area contributed by atoms with Gasteiger partial charge >= 0.3 is 6.61 Å². The molecule has 2 aromatic rings. The van der Waals surface area contributed by atoms with Crippen LogP contribution in [-0.2, 0) is 0 Å². The molecule has 1 aliphatic rings. The van der Waals surface area contributed by atoms with Crippen molar-refractivity contribution in [1.29, 1.82) is 0 Å². The van der Waals surface area contributed by atoms with Crippen LogP contribution in [-0.4, -0.2) is 30.7 Å². The van der Waals surface area contributed by atoms with Gasteiger partial charge in [0.15, 0.2) is 0 Å². The summed E-state index contributed by atoms with van der Waals surface area (Å²) in [4.78, 5) is 6.54. The van der Waals surface area contributed by atoms with Gasteiger partial charge in [-0.2, -0.15) is 8.78 Å². The van der Waals surface area contributed by atoms with Crippen LogP contribution < -0.4 is 15.0 Å². The molecule has 4 nitrogen and oxygen atoms in total. The first kappa shape index (κ1) is 15.5. The molecule has 1 fully saturated rings. The van der Waals surface area contributed by atoms with Crippen LogP contribution in [0.5, 0.6) is 5.75 Å². The van der Waals surface area contributed by atoms with Crippen LogP contribution >= 0.6 is 0 Å². The molecule has 0 bridgehead atoms. The fraction of sp³-hybridized carbons (Fsp3) is 0.353. The average Bonchev–Trinajstić information content (AvgIpc) is 2.56. The number of ether oxygens (including phenoxy) is 1. The zero-order chi connectivity index (χ0) is 16.1. The molecule has 0 saturated carbocycles. The van der Waals surface area contributed by atoms with Crippen molar-refractivity contribution in [3.05, 3.63) is 48.7 Å². The van der Waals surface area contributed by atoms with Crippen molar-refractivity contribution in [2.75, 3.05) is 23.3 Å². The molecule has 3 rings (SSSR count). The van der Waals surface area contributed by atoms with E-state index >= 15 is 0 Å². The van der Waals surface area contributed by atoms with Gasteiger partial charge in [0.2, 0.25) is 0 Å². The number of alkyl halides is 2. The second-order valence-electron chi connectivity index (χ2n) is 5.52. The van der Waals surface area contributed by atoms with Crippen molar-refractivity contribution in [3.8, 4) is 5.75 Å². The van der Waals surface area contributed by atoms with Crippen molar-refractivity contribution in [2.24, 2.45) is 0 Å². The van der Waals surface area contributed by atoms with Crippen LogP contribution in [0, 0.1) is 0 Å². The SMILES string of the molecule is FC(F)Oc1ccc(N2CCCC(Nc3ccccn3)C2)cc1. The maximum absolute atomic E-state index is 12.2. The Kier molecular flexibility index (Phi) is 4.90. The lowest BCUT2D eigenvalue weighted by Gasteiger charge is -2.35. The number of halogens is 2. The van der Waals surface area contributed by atoms with Crippen molar-refractivity contribution in [2.45, 2.75) is 25.5 Å². The van der Waals surface area contributed by atoms with Crippen LogP contribution in [0.25, 0.3) is 0 Å². The Balaban J connectivity index is 1.61. The van der Waals surface area contributed by atoms with Crippen molar-refractivity contribution in [1.82, 2.24) is 4.98 Å². The third-order valence-electron chi connectivity index (χ3n) is 3.87. The molecule has 0 spiro atoms. The highest BCUT2D eigenvalue weighted by molar-refractivity contribution is 5.50. The Morgan fingerprint density at radius 1 is 1.17 bits per heavy atom. The van der Waals surface area contributed by atoms with Gasteiger partial charge < -0.3 is 15.0 Å². The Morgan fingerprint density at radius 3 is 2.70 bits per heavy atom. The molecule has 23 heavy (non-hydrogen) atoms. The molecule has 122 valence electrons. The average molecular weight is 319 g/mol. The Hall–Kier alpha value is -2.37. The maximum atomic E-state index is 12.2. The predicted molar refractivity (Wildman–Crippen MR) is 86.2 cm³/mol. The zero-order valence-electron chi connectivity index (χ0n) is 12.7. The van der Waals surface area contributed by atoms with Crippen LogP contribution in [0.1, 0.15) is 12.8 Å². The summed E-state index contributed by atoms with van der Waals surface area (Å²) >= 11 is 0. The maximum Gasteiger partial charge on any atom is 0.387 e. The summed E-state index contributed by atoms with van der Waals surface area (Å²) in [5.41, 5.74) is 1.01. The molecular formula is C17H19F2N3O. The minimum absolute atomic E-state index is 0.184. The smallest absolute Gasteiger partial charge is 0.387 e. The van der Waals surface area contributed by atoms with Gasteiger partial charge in [-0.1, -0.05) is 6.07 Å². The van der Waals surface area contributed by atoms with Gasteiger partial charge in [0.1, 0.15) is 11.6 Å². The zero-order valence-corrected chi connectivity index (χ0v) is 12.7. The van der Waals surface area contributed by atoms with Crippen LogP contribution in [0.15, 0.2) is 48.7 Å². The Bertz CT molecular complexity index is 607. The van der Waals surface area contributed by atoms with Gasteiger partial charge in [-0.15, -0.1) is 0 Å². The van der Waals surface area contributed by atoms with Crippen LogP contribution in [0.2, 0.25) is 0 Å². The van der Waals surface area contributed by atoms with E-state index in [9.17, 15) is 8.78 Å². The summed E-state index contributed by atoms with van der Waals surface area (Å²) in [6, 6.07) is 12.9. The topological polar surface area (TPSA) is 37.4 Å². The third kappa shape index (κ3) is 4.31. The highest BCUT2D eigenvalue weighted by Crippen LogP contribution is 2.24. The minimum atomic E-state index is -2.79. The normalized spacial score (nSPS) is 18.0. The minimum Gasteiger partial charge on any atom is -0.435 e. The molecule has 1 atom stereocenters. The fourth-order valence-corrected chi connectivity index (χ4v) is 2.83. The molecule has 1 saturated heterocycles. The number of benzene rings is 1. The number of hydrogen-bond donors (Lipinski definition) is 1. The molecule has 1 aromatic carbocycles. The second-order valence-corrected chi connectivity index (χ2v) is 5.52. The molecular weight excluding hydrogens is 300 g/mol. The lowest BCUT2D eigenvalue weighted by atomic mass is 10.0. The predicted octanol–water partition coefficient (Wildman–Crippen LogP) is 3.76. The van der Waals surface area contributed by atoms with E-state index in [0.717, 1.165) is 37.4 Å². The van der Waals surface area contributed by atoms with E-state index in [2.05, 4.69) is 19.9 Å². The quantitative estimate of drug-likeness (QED) is 0.910. The highest BCUT2D eigenvalue weighted by Gasteiger charge is 2.20. The van der Waals surface area contributed by atoms with Crippen molar-refractivity contribution < 1.29 is 13.5 Å². The largest absolute Gasteiger partial charge is 0.435 e. The molecule has 6 heteroatoms. The number of hydrogen-bond acceptors (Lipinski definition) is 4. The number of pyridine rings is 1. The molecule has 1 aromatic heterocycles. The summed E-state index contributed by atoms with van der Waals surface area (Å²) in [7, 11) is 0. The third-order valence-corrected chi connectivity index (χ3v) is 3.87. The number of aromatic nitrogens is 1. The van der Waals surface area contributed by atoms with Crippen molar-refractivity contribution >= 4 is 11.5 Å². The molecule has 1 unspecified atom stereocenters. The van der Waals surface area contributed by atoms with Gasteiger partial charge in [-0.25, -0.2) is 4.98 Å². The monoisotopic (exact) mass is 319 g/mol. The first-order chi connectivity index (χ1) is 11.2. The van der Waals surface area contributed by atoms with E-state index in [0.29, 0.717) is 6.04 Å². The Labute approximate surface area is 134 Å². The summed E-state index contributed by atoms with van der Waals surface area (Å²) in [5.74, 6) is 1.06. The summed E-state index contributed by atoms with van der Waals surface area (Å²) < 4.78 is 28.8.